The van der Waals surface area contributed by atoms with Gasteiger partial charge in [-0.1, -0.05) is 11.8 Å². The number of nitrogens with zero attached hydrogens (tertiary/aromatic N) is 1. The molecule has 2 aromatic rings. The van der Waals surface area contributed by atoms with Gasteiger partial charge in [0.15, 0.2) is 10.9 Å². The van der Waals surface area contributed by atoms with Crippen molar-refractivity contribution in [1.29, 1.82) is 0 Å². The molecule has 2 N–H and O–H groups in total. The Morgan fingerprint density at radius 3 is 2.22 bits per heavy atom. The van der Waals surface area contributed by atoms with Crippen molar-refractivity contribution in [3.05, 3.63) is 48.2 Å². The molecule has 1 aromatic carbocycles. The number of benzene rings is 1. The van der Waals surface area contributed by atoms with Crippen LogP contribution in [0.3, 0.4) is 0 Å². The molecular formula is C17H17N3O5S2. The number of nitrogens with one attached hydrogen (secondary N) is 2. The molecule has 1 amide bonds. The molecular weight excluding hydrogens is 390 g/mol. The van der Waals surface area contributed by atoms with E-state index in [-0.39, 0.29) is 38.8 Å². The zero-order valence-corrected chi connectivity index (χ0v) is 16.2. The van der Waals surface area contributed by atoms with Gasteiger partial charge in [-0.3, -0.25) is 19.1 Å². The Bertz CT molecular complexity index is 955. The molecule has 0 aliphatic carbocycles. The number of thioether (sulfide) groups is 1. The molecule has 8 nitrogen and oxygen atoms in total. The molecule has 0 aliphatic heterocycles. The summed E-state index contributed by atoms with van der Waals surface area (Å²) in [6, 6.07) is 8.45. The fraction of sp³-hybridized carbons (Fsp3) is 0.176. The van der Waals surface area contributed by atoms with Gasteiger partial charge < -0.3 is 5.32 Å². The van der Waals surface area contributed by atoms with Crippen molar-refractivity contribution in [2.75, 3.05) is 15.8 Å². The van der Waals surface area contributed by atoms with E-state index in [9.17, 15) is 22.8 Å². The Kier molecular flexibility index (Phi) is 6.70. The molecule has 0 saturated heterocycles. The molecule has 10 heteroatoms. The van der Waals surface area contributed by atoms with Crippen molar-refractivity contribution in [3.63, 3.8) is 0 Å². The summed E-state index contributed by atoms with van der Waals surface area (Å²) in [4.78, 5) is 37.7. The van der Waals surface area contributed by atoms with Gasteiger partial charge in [-0.05, 0) is 36.4 Å². The summed E-state index contributed by atoms with van der Waals surface area (Å²) < 4.78 is 27.1. The summed E-state index contributed by atoms with van der Waals surface area (Å²) in [6.45, 7) is 2.72. The molecule has 142 valence electrons. The zero-order valence-electron chi connectivity index (χ0n) is 14.6. The molecule has 0 fully saturated rings. The number of sulfonamides is 1. The van der Waals surface area contributed by atoms with Crippen LogP contribution in [0.5, 0.6) is 0 Å². The highest BCUT2D eigenvalue weighted by Crippen LogP contribution is 2.18. The van der Waals surface area contributed by atoms with Crippen molar-refractivity contribution >= 4 is 50.1 Å². The number of hydrogen-bond acceptors (Lipinski definition) is 7. The molecule has 2 rings (SSSR count). The van der Waals surface area contributed by atoms with Crippen molar-refractivity contribution < 1.29 is 22.8 Å². The third kappa shape index (κ3) is 6.19. The predicted octanol–water partition coefficient (Wildman–Crippen LogP) is 2.30. The summed E-state index contributed by atoms with van der Waals surface area (Å²) in [6.07, 6.45) is 1.25. The normalized spacial score (nSPS) is 10.9. The molecule has 1 aromatic heterocycles. The molecule has 0 saturated carbocycles. The Morgan fingerprint density at radius 1 is 1.04 bits per heavy atom. The number of pyridine rings is 1. The molecule has 0 aliphatic rings. The van der Waals surface area contributed by atoms with Gasteiger partial charge in [-0.25, -0.2) is 13.4 Å². The lowest BCUT2D eigenvalue weighted by Gasteiger charge is -2.09. The van der Waals surface area contributed by atoms with E-state index >= 15 is 0 Å². The van der Waals surface area contributed by atoms with Gasteiger partial charge in [0.1, 0.15) is 5.82 Å². The molecule has 0 unspecified atom stereocenters. The van der Waals surface area contributed by atoms with Gasteiger partial charge >= 0.3 is 0 Å². The number of carbonyl (C=O) groups is 3. The van der Waals surface area contributed by atoms with Crippen LogP contribution in [0, 0.1) is 0 Å². The van der Waals surface area contributed by atoms with Crippen LogP contribution in [0.4, 0.5) is 11.5 Å². The average Bonchev–Trinajstić information content (AvgIpc) is 2.60. The Labute approximate surface area is 160 Å². The molecule has 0 radical (unpaired) electrons. The van der Waals surface area contributed by atoms with E-state index in [4.69, 9.17) is 0 Å². The first kappa shape index (κ1) is 20.6. The van der Waals surface area contributed by atoms with Crippen molar-refractivity contribution in [2.24, 2.45) is 0 Å². The maximum Gasteiger partial charge on any atom is 0.263 e. The Balaban J connectivity index is 2.07. The zero-order chi connectivity index (χ0) is 20.0. The first-order valence-corrected chi connectivity index (χ1v) is 10.2. The second-order valence-electron chi connectivity index (χ2n) is 5.45. The third-order valence-electron chi connectivity index (χ3n) is 3.22. The number of Topliss-reactive ketones (excluding diaryl/α,β-unsaturated/α-hetero) is 1. The summed E-state index contributed by atoms with van der Waals surface area (Å²) in [5, 5.41) is 2.38. The van der Waals surface area contributed by atoms with Crippen LogP contribution in [0.2, 0.25) is 0 Å². The van der Waals surface area contributed by atoms with Crippen LogP contribution >= 0.6 is 11.8 Å². The lowest BCUT2D eigenvalue weighted by molar-refractivity contribution is -0.114. The van der Waals surface area contributed by atoms with Crippen molar-refractivity contribution in [1.82, 2.24) is 4.98 Å². The number of rotatable bonds is 7. The highest BCUT2D eigenvalue weighted by molar-refractivity contribution is 8.14. The molecule has 1 heterocycles. The maximum atomic E-state index is 12.4. The molecule has 27 heavy (non-hydrogen) atoms. The van der Waals surface area contributed by atoms with Crippen LogP contribution < -0.4 is 10.0 Å². The monoisotopic (exact) mass is 407 g/mol. The van der Waals surface area contributed by atoms with Crippen LogP contribution in [0.15, 0.2) is 47.5 Å². The highest BCUT2D eigenvalue weighted by Gasteiger charge is 2.15. The van der Waals surface area contributed by atoms with Crippen LogP contribution in [-0.4, -0.2) is 36.0 Å². The number of anilines is 2. The fourth-order valence-electron chi connectivity index (χ4n) is 1.99. The first-order valence-electron chi connectivity index (χ1n) is 7.70. The average molecular weight is 407 g/mol. The SMILES string of the molecule is CC(=O)Nc1ccc(S(=O)(=O)Nc2ccc(C(=O)CSC(C)=O)cn2)cc1. The summed E-state index contributed by atoms with van der Waals surface area (Å²) in [7, 11) is -3.87. The van der Waals surface area contributed by atoms with Crippen molar-refractivity contribution in [2.45, 2.75) is 18.7 Å². The first-order chi connectivity index (χ1) is 12.7. The van der Waals surface area contributed by atoms with Gasteiger partial charge in [0.2, 0.25) is 5.91 Å². The smallest absolute Gasteiger partial charge is 0.263 e. The van der Waals surface area contributed by atoms with Gasteiger partial charge in [0.05, 0.1) is 10.6 Å². The van der Waals surface area contributed by atoms with E-state index in [1.807, 2.05) is 0 Å². The van der Waals surface area contributed by atoms with Gasteiger partial charge in [-0.15, -0.1) is 0 Å². The number of carbonyl (C=O) groups excluding carboxylic acids is 3. The van der Waals surface area contributed by atoms with Crippen molar-refractivity contribution in [3.8, 4) is 0 Å². The van der Waals surface area contributed by atoms with Crippen LogP contribution in [-0.2, 0) is 19.6 Å². The molecule has 0 atom stereocenters. The minimum absolute atomic E-state index is 0.00271. The Morgan fingerprint density at radius 2 is 1.70 bits per heavy atom. The second kappa shape index (κ2) is 8.78. The third-order valence-corrected chi connectivity index (χ3v) is 5.40. The largest absolute Gasteiger partial charge is 0.326 e. The summed E-state index contributed by atoms with van der Waals surface area (Å²) in [5.74, 6) is -0.477. The maximum absolute atomic E-state index is 12.4. The quantitative estimate of drug-likeness (QED) is 0.675. The number of amides is 1. The minimum Gasteiger partial charge on any atom is -0.326 e. The van der Waals surface area contributed by atoms with E-state index < -0.39 is 10.0 Å². The standard InChI is InChI=1S/C17H17N3O5S2/c1-11(21)19-14-4-6-15(7-5-14)27(24,25)20-17-8-3-13(9-18-17)16(23)10-26-12(2)22/h3-9H,10H2,1-2H3,(H,18,20)(H,19,21). The Hall–Kier alpha value is -2.72. The van der Waals surface area contributed by atoms with Crippen LogP contribution in [0.25, 0.3) is 0 Å². The lowest BCUT2D eigenvalue weighted by atomic mass is 10.2. The van der Waals surface area contributed by atoms with Gasteiger partial charge in [0.25, 0.3) is 10.0 Å². The second-order valence-corrected chi connectivity index (χ2v) is 8.28. The topological polar surface area (TPSA) is 122 Å². The molecule has 0 spiro atoms. The van der Waals surface area contributed by atoms with E-state index in [2.05, 4.69) is 15.0 Å². The van der Waals surface area contributed by atoms with E-state index in [0.29, 0.717) is 5.69 Å². The summed E-state index contributed by atoms with van der Waals surface area (Å²) in [5.41, 5.74) is 0.761. The van der Waals surface area contributed by atoms with Gasteiger partial charge in [0, 0.05) is 31.3 Å². The highest BCUT2D eigenvalue weighted by atomic mass is 32.2. The fourth-order valence-corrected chi connectivity index (χ4v) is 3.50. The van der Waals surface area contributed by atoms with Crippen LogP contribution in [0.1, 0.15) is 24.2 Å². The molecule has 0 bridgehead atoms. The lowest BCUT2D eigenvalue weighted by Crippen LogP contribution is -2.14. The van der Waals surface area contributed by atoms with E-state index in [1.54, 1.807) is 0 Å². The van der Waals surface area contributed by atoms with Gasteiger partial charge in [-0.2, -0.15) is 0 Å². The minimum atomic E-state index is -3.87. The number of ketones is 1. The van der Waals surface area contributed by atoms with E-state index in [1.165, 1.54) is 56.4 Å². The summed E-state index contributed by atoms with van der Waals surface area (Å²) >= 11 is 0.896. The predicted molar refractivity (Wildman–Crippen MR) is 103 cm³/mol. The van der Waals surface area contributed by atoms with E-state index in [0.717, 1.165) is 11.8 Å². The number of hydrogen-bond donors (Lipinski definition) is 2. The number of aromatic nitrogens is 1.